The molecule has 0 fully saturated rings. The van der Waals surface area contributed by atoms with Crippen molar-refractivity contribution in [3.05, 3.63) is 34.8 Å². The number of halogens is 1. The van der Waals surface area contributed by atoms with Crippen LogP contribution in [0.2, 0.25) is 0 Å². The molecule has 1 aromatic heterocycles. The Kier molecular flexibility index (Phi) is 3.63. The summed E-state index contributed by atoms with van der Waals surface area (Å²) >= 11 is 3.38. The summed E-state index contributed by atoms with van der Waals surface area (Å²) in [4.78, 5) is 0. The first-order chi connectivity index (χ1) is 8.16. The van der Waals surface area contributed by atoms with Crippen molar-refractivity contribution in [3.63, 3.8) is 0 Å². The molecule has 0 amide bonds. The van der Waals surface area contributed by atoms with Crippen LogP contribution in [0.5, 0.6) is 0 Å². The van der Waals surface area contributed by atoms with Gasteiger partial charge in [-0.05, 0) is 18.2 Å². The van der Waals surface area contributed by atoms with Crippen molar-refractivity contribution >= 4 is 27.3 Å². The Morgan fingerprint density at radius 1 is 1.47 bits per heavy atom. The van der Waals surface area contributed by atoms with Gasteiger partial charge in [0.25, 0.3) is 0 Å². The van der Waals surface area contributed by atoms with E-state index in [0.29, 0.717) is 0 Å². The fourth-order valence-electron chi connectivity index (χ4n) is 1.54. The fourth-order valence-corrected chi connectivity index (χ4v) is 1.92. The summed E-state index contributed by atoms with van der Waals surface area (Å²) in [7, 11) is 1.93. The maximum Gasteiger partial charge on any atom is 0.134 e. The van der Waals surface area contributed by atoms with Crippen LogP contribution in [0.4, 0.5) is 11.4 Å². The number of nitrogens with two attached hydrogens (primary N) is 1. The molecule has 0 atom stereocenters. The molecule has 0 aliphatic rings. The van der Waals surface area contributed by atoms with Gasteiger partial charge in [0, 0.05) is 24.5 Å². The van der Waals surface area contributed by atoms with E-state index in [-0.39, 0.29) is 0 Å². The highest BCUT2D eigenvalue weighted by Crippen LogP contribution is 2.22. The zero-order chi connectivity index (χ0) is 12.3. The molecule has 0 aliphatic carbocycles. The van der Waals surface area contributed by atoms with Gasteiger partial charge < -0.3 is 15.6 Å². The lowest BCUT2D eigenvalue weighted by molar-refractivity contribution is 0.788. The van der Waals surface area contributed by atoms with Crippen molar-refractivity contribution in [2.45, 2.75) is 6.42 Å². The first kappa shape index (κ1) is 11.9. The average Bonchev–Trinajstić information content (AvgIpc) is 2.68. The van der Waals surface area contributed by atoms with Crippen LogP contribution in [0.15, 0.2) is 29.0 Å². The summed E-state index contributed by atoms with van der Waals surface area (Å²) in [5.41, 5.74) is 7.56. The second-order valence-electron chi connectivity index (χ2n) is 3.77. The van der Waals surface area contributed by atoms with Crippen molar-refractivity contribution in [2.75, 3.05) is 17.6 Å². The van der Waals surface area contributed by atoms with Crippen LogP contribution >= 0.6 is 15.9 Å². The number of nitrogens with one attached hydrogen (secondary N) is 1. The van der Waals surface area contributed by atoms with Gasteiger partial charge in [0.05, 0.1) is 11.4 Å². The Hall–Kier alpha value is -1.56. The summed E-state index contributed by atoms with van der Waals surface area (Å²) < 4.78 is 2.89. The molecule has 1 aromatic carbocycles. The molecule has 0 radical (unpaired) electrons. The highest BCUT2D eigenvalue weighted by atomic mass is 79.9. The van der Waals surface area contributed by atoms with Crippen molar-refractivity contribution in [3.8, 4) is 0 Å². The molecule has 3 N–H and O–H groups in total. The van der Waals surface area contributed by atoms with E-state index in [9.17, 15) is 0 Å². The minimum absolute atomic E-state index is 0.734. The zero-order valence-corrected chi connectivity index (χ0v) is 11.1. The standard InChI is InChI=1S/C11H14BrN5/c1-17-7-15-16-11(17)4-5-14-10-3-2-8(12)6-9(10)13/h2-3,6-7,14H,4-5,13H2,1H3. The van der Waals surface area contributed by atoms with Crippen molar-refractivity contribution in [1.29, 1.82) is 0 Å². The van der Waals surface area contributed by atoms with E-state index in [1.54, 1.807) is 6.33 Å². The smallest absolute Gasteiger partial charge is 0.134 e. The van der Waals surface area contributed by atoms with E-state index in [4.69, 9.17) is 5.73 Å². The number of rotatable bonds is 4. The summed E-state index contributed by atoms with van der Waals surface area (Å²) in [6.45, 7) is 0.776. The van der Waals surface area contributed by atoms with Gasteiger partial charge in [-0.25, -0.2) is 0 Å². The van der Waals surface area contributed by atoms with Crippen molar-refractivity contribution in [2.24, 2.45) is 7.05 Å². The molecule has 6 heteroatoms. The fraction of sp³-hybridized carbons (Fsp3) is 0.273. The van der Waals surface area contributed by atoms with Gasteiger partial charge in [0.1, 0.15) is 12.2 Å². The third kappa shape index (κ3) is 2.97. The molecule has 0 unspecified atom stereocenters. The van der Waals surface area contributed by atoms with E-state index in [1.807, 2.05) is 29.8 Å². The van der Waals surface area contributed by atoms with E-state index in [0.717, 1.165) is 34.6 Å². The maximum atomic E-state index is 5.89. The number of nitrogen functional groups attached to an aromatic ring is 1. The molecule has 1 heterocycles. The molecular weight excluding hydrogens is 282 g/mol. The molecule has 17 heavy (non-hydrogen) atoms. The number of anilines is 2. The second-order valence-corrected chi connectivity index (χ2v) is 4.68. The minimum Gasteiger partial charge on any atom is -0.397 e. The zero-order valence-electron chi connectivity index (χ0n) is 9.52. The molecule has 90 valence electrons. The van der Waals surface area contributed by atoms with Gasteiger partial charge in [0.2, 0.25) is 0 Å². The molecule has 2 aromatic rings. The monoisotopic (exact) mass is 295 g/mol. The topological polar surface area (TPSA) is 68.8 Å². The quantitative estimate of drug-likeness (QED) is 0.844. The van der Waals surface area contributed by atoms with Gasteiger partial charge in [-0.3, -0.25) is 0 Å². The number of hydrogen-bond acceptors (Lipinski definition) is 4. The lowest BCUT2D eigenvalue weighted by Crippen LogP contribution is -2.09. The molecule has 0 bridgehead atoms. The Morgan fingerprint density at radius 2 is 2.29 bits per heavy atom. The number of hydrogen-bond donors (Lipinski definition) is 2. The molecule has 0 saturated carbocycles. The van der Waals surface area contributed by atoms with Crippen LogP contribution in [0.1, 0.15) is 5.82 Å². The number of nitrogens with zero attached hydrogens (tertiary/aromatic N) is 3. The van der Waals surface area contributed by atoms with Crippen molar-refractivity contribution < 1.29 is 0 Å². The van der Waals surface area contributed by atoms with Gasteiger partial charge in [-0.2, -0.15) is 0 Å². The SMILES string of the molecule is Cn1cnnc1CCNc1ccc(Br)cc1N. The number of benzene rings is 1. The van der Waals surface area contributed by atoms with Crippen LogP contribution in [0, 0.1) is 0 Å². The van der Waals surface area contributed by atoms with Gasteiger partial charge in [0.15, 0.2) is 0 Å². The molecule has 0 aliphatic heterocycles. The Labute approximate surface area is 108 Å². The number of aryl methyl sites for hydroxylation is 1. The highest BCUT2D eigenvalue weighted by molar-refractivity contribution is 9.10. The van der Waals surface area contributed by atoms with Crippen LogP contribution in [-0.4, -0.2) is 21.3 Å². The largest absolute Gasteiger partial charge is 0.397 e. The molecule has 5 nitrogen and oxygen atoms in total. The summed E-state index contributed by atoms with van der Waals surface area (Å²) in [5.74, 6) is 0.952. The Balaban J connectivity index is 1.92. The third-order valence-corrected chi connectivity index (χ3v) is 2.98. The van der Waals surface area contributed by atoms with Gasteiger partial charge >= 0.3 is 0 Å². The minimum atomic E-state index is 0.734. The molecule has 0 spiro atoms. The summed E-state index contributed by atoms with van der Waals surface area (Å²) in [5, 5.41) is 11.1. The molecule has 2 rings (SSSR count). The van der Waals surface area contributed by atoms with Crippen LogP contribution < -0.4 is 11.1 Å². The first-order valence-corrected chi connectivity index (χ1v) is 6.08. The lowest BCUT2D eigenvalue weighted by Gasteiger charge is -2.09. The summed E-state index contributed by atoms with van der Waals surface area (Å²) in [6, 6.07) is 5.79. The average molecular weight is 296 g/mol. The highest BCUT2D eigenvalue weighted by Gasteiger charge is 2.02. The maximum absolute atomic E-state index is 5.89. The summed E-state index contributed by atoms with van der Waals surface area (Å²) in [6.07, 6.45) is 2.51. The van der Waals surface area contributed by atoms with E-state index < -0.39 is 0 Å². The molecular formula is C11H14BrN5. The first-order valence-electron chi connectivity index (χ1n) is 5.28. The Bertz CT molecular complexity index is 508. The van der Waals surface area contributed by atoms with E-state index in [2.05, 4.69) is 31.4 Å². The third-order valence-electron chi connectivity index (χ3n) is 2.48. The second kappa shape index (κ2) is 5.18. The van der Waals surface area contributed by atoms with Crippen molar-refractivity contribution in [1.82, 2.24) is 14.8 Å². The predicted molar refractivity (Wildman–Crippen MR) is 71.8 cm³/mol. The molecule has 0 saturated heterocycles. The predicted octanol–water partition coefficient (Wildman–Crippen LogP) is 1.81. The van der Waals surface area contributed by atoms with E-state index in [1.165, 1.54) is 0 Å². The van der Waals surface area contributed by atoms with Crippen LogP contribution in [0.3, 0.4) is 0 Å². The lowest BCUT2D eigenvalue weighted by atomic mass is 10.2. The Morgan fingerprint density at radius 3 is 2.94 bits per heavy atom. The van der Waals surface area contributed by atoms with Crippen LogP contribution in [0.25, 0.3) is 0 Å². The van der Waals surface area contributed by atoms with Crippen LogP contribution in [-0.2, 0) is 13.5 Å². The van der Waals surface area contributed by atoms with Gasteiger partial charge in [-0.15, -0.1) is 10.2 Å². The van der Waals surface area contributed by atoms with Gasteiger partial charge in [-0.1, -0.05) is 15.9 Å². The van der Waals surface area contributed by atoms with E-state index >= 15 is 0 Å². The normalized spacial score (nSPS) is 10.5. The number of aromatic nitrogens is 3.